The molecule has 1 aliphatic rings. The number of nitrogens with zero attached hydrogens (tertiary/aromatic N) is 1. The summed E-state index contributed by atoms with van der Waals surface area (Å²) in [5.74, 6) is 0.0186. The highest BCUT2D eigenvalue weighted by atomic mass is 16.5. The lowest BCUT2D eigenvalue weighted by Crippen LogP contribution is -2.41. The first kappa shape index (κ1) is 18.2. The second-order valence-corrected chi connectivity index (χ2v) is 6.95. The Morgan fingerprint density at radius 3 is 2.54 bits per heavy atom. The highest BCUT2D eigenvalue weighted by Crippen LogP contribution is 2.42. The average molecular weight is 375 g/mol. The quantitative estimate of drug-likeness (QED) is 0.691. The summed E-state index contributed by atoms with van der Waals surface area (Å²) in [7, 11) is 1.61. The molecule has 4 rings (SSSR count). The normalized spacial score (nSPS) is 18.4. The molecule has 1 amide bonds. The minimum absolute atomic E-state index is 0.277. The van der Waals surface area contributed by atoms with Crippen molar-refractivity contribution < 1.29 is 19.4 Å². The van der Waals surface area contributed by atoms with Gasteiger partial charge in [0.05, 0.1) is 19.2 Å². The fraction of sp³-hybridized carbons (Fsp3) is 0.217. The van der Waals surface area contributed by atoms with Gasteiger partial charge in [-0.15, -0.1) is 0 Å². The van der Waals surface area contributed by atoms with Crippen LogP contribution in [0.5, 0.6) is 5.75 Å². The van der Waals surface area contributed by atoms with E-state index in [1.54, 1.807) is 37.4 Å². The van der Waals surface area contributed by atoms with Crippen molar-refractivity contribution in [3.05, 3.63) is 71.8 Å². The van der Waals surface area contributed by atoms with Crippen LogP contribution in [0.25, 0.3) is 10.8 Å². The van der Waals surface area contributed by atoms with Gasteiger partial charge in [-0.05, 0) is 42.0 Å². The molecule has 1 aliphatic heterocycles. The Labute approximate surface area is 163 Å². The number of likely N-dealkylation sites (N-methyl/N-ethyl adjacent to an activating group) is 1. The van der Waals surface area contributed by atoms with E-state index in [1.165, 1.54) is 4.90 Å². The van der Waals surface area contributed by atoms with Gasteiger partial charge in [0.15, 0.2) is 11.4 Å². The monoisotopic (exact) mass is 375 g/mol. The lowest BCUT2D eigenvalue weighted by Gasteiger charge is -2.22. The number of hydrogen-bond donors (Lipinski definition) is 1. The number of carbonyl (C=O) groups is 2. The number of anilines is 1. The molecular weight excluding hydrogens is 354 g/mol. The van der Waals surface area contributed by atoms with E-state index < -0.39 is 11.5 Å². The minimum atomic E-state index is -1.83. The van der Waals surface area contributed by atoms with Crippen molar-refractivity contribution in [1.82, 2.24) is 0 Å². The standard InChI is InChI=1S/C23H21NO4/c1-3-24-20-7-5-4-6-19(20)23(27,22(24)26)14-21(25)17-9-8-16-13-18(28-2)11-10-15(16)12-17/h4-13,27H,3,14H2,1-2H3/t23-/m0/s1. The van der Waals surface area contributed by atoms with Crippen molar-refractivity contribution in [2.45, 2.75) is 18.9 Å². The predicted octanol–water partition coefficient (Wildman–Crippen LogP) is 3.68. The molecule has 0 aromatic heterocycles. The maximum absolute atomic E-state index is 13.0. The van der Waals surface area contributed by atoms with Gasteiger partial charge in [0.1, 0.15) is 5.75 Å². The highest BCUT2D eigenvalue weighted by molar-refractivity contribution is 6.11. The number of benzene rings is 3. The topological polar surface area (TPSA) is 66.8 Å². The number of methoxy groups -OCH3 is 1. The summed E-state index contributed by atoms with van der Waals surface area (Å²) in [6.45, 7) is 2.28. The lowest BCUT2D eigenvalue weighted by molar-refractivity contribution is -0.135. The van der Waals surface area contributed by atoms with Crippen molar-refractivity contribution in [3.8, 4) is 5.75 Å². The molecule has 0 saturated carbocycles. The van der Waals surface area contributed by atoms with Crippen molar-refractivity contribution in [3.63, 3.8) is 0 Å². The van der Waals surface area contributed by atoms with Crippen LogP contribution < -0.4 is 9.64 Å². The number of rotatable bonds is 5. The van der Waals surface area contributed by atoms with E-state index >= 15 is 0 Å². The second kappa shape index (κ2) is 6.77. The van der Waals surface area contributed by atoms with Crippen molar-refractivity contribution in [2.24, 2.45) is 0 Å². The van der Waals surface area contributed by atoms with Gasteiger partial charge in [0.2, 0.25) is 0 Å². The van der Waals surface area contributed by atoms with Crippen LogP contribution in [0.4, 0.5) is 5.69 Å². The van der Waals surface area contributed by atoms with Gasteiger partial charge in [-0.3, -0.25) is 9.59 Å². The smallest absolute Gasteiger partial charge is 0.264 e. The molecule has 28 heavy (non-hydrogen) atoms. The maximum atomic E-state index is 13.0. The van der Waals surface area contributed by atoms with Crippen LogP contribution in [0, 0.1) is 0 Å². The van der Waals surface area contributed by atoms with Gasteiger partial charge >= 0.3 is 0 Å². The van der Waals surface area contributed by atoms with E-state index in [1.807, 2.05) is 37.3 Å². The number of carbonyl (C=O) groups excluding carboxylic acids is 2. The minimum Gasteiger partial charge on any atom is -0.497 e. The third-order valence-electron chi connectivity index (χ3n) is 5.34. The zero-order valence-corrected chi connectivity index (χ0v) is 15.8. The van der Waals surface area contributed by atoms with Gasteiger partial charge in [-0.2, -0.15) is 0 Å². The zero-order chi connectivity index (χ0) is 19.9. The Morgan fingerprint density at radius 1 is 1.07 bits per heavy atom. The van der Waals surface area contributed by atoms with Gasteiger partial charge in [-0.25, -0.2) is 0 Å². The highest BCUT2D eigenvalue weighted by Gasteiger charge is 2.50. The van der Waals surface area contributed by atoms with Gasteiger partial charge in [0, 0.05) is 17.7 Å². The summed E-state index contributed by atoms with van der Waals surface area (Å²) in [6.07, 6.45) is -0.291. The van der Waals surface area contributed by atoms with Crippen LogP contribution >= 0.6 is 0 Å². The second-order valence-electron chi connectivity index (χ2n) is 6.95. The van der Waals surface area contributed by atoms with E-state index in [2.05, 4.69) is 0 Å². The molecule has 0 radical (unpaired) electrons. The van der Waals surface area contributed by atoms with Crippen LogP contribution in [0.15, 0.2) is 60.7 Å². The molecule has 3 aromatic rings. The molecule has 5 heteroatoms. The van der Waals surface area contributed by atoms with Crippen LogP contribution in [0.1, 0.15) is 29.3 Å². The van der Waals surface area contributed by atoms with Crippen LogP contribution in [-0.2, 0) is 10.4 Å². The van der Waals surface area contributed by atoms with Crippen molar-refractivity contribution in [2.75, 3.05) is 18.6 Å². The van der Waals surface area contributed by atoms with Gasteiger partial charge in [0.25, 0.3) is 5.91 Å². The van der Waals surface area contributed by atoms with E-state index in [0.29, 0.717) is 23.4 Å². The maximum Gasteiger partial charge on any atom is 0.264 e. The van der Waals surface area contributed by atoms with Crippen LogP contribution in [0.2, 0.25) is 0 Å². The van der Waals surface area contributed by atoms with Crippen molar-refractivity contribution >= 4 is 28.2 Å². The molecule has 0 spiro atoms. The summed E-state index contributed by atoms with van der Waals surface area (Å²) < 4.78 is 5.23. The summed E-state index contributed by atoms with van der Waals surface area (Å²) in [4.78, 5) is 27.4. The first-order valence-electron chi connectivity index (χ1n) is 9.23. The molecule has 1 heterocycles. The number of ketones is 1. The first-order valence-corrected chi connectivity index (χ1v) is 9.23. The van der Waals surface area contributed by atoms with E-state index in [9.17, 15) is 14.7 Å². The summed E-state index contributed by atoms with van der Waals surface area (Å²) in [5.41, 5.74) is -0.221. The number of fused-ring (bicyclic) bond motifs is 2. The molecule has 1 N–H and O–H groups in total. The van der Waals surface area contributed by atoms with E-state index in [-0.39, 0.29) is 12.2 Å². The molecule has 0 fully saturated rings. The SMILES string of the molecule is CCN1C(=O)[C@](O)(CC(=O)c2ccc3cc(OC)ccc3c2)c2ccccc21. The number of ether oxygens (including phenoxy) is 1. The molecule has 3 aromatic carbocycles. The Morgan fingerprint density at radius 2 is 1.79 bits per heavy atom. The number of aliphatic hydroxyl groups is 1. The van der Waals surface area contributed by atoms with Crippen LogP contribution in [-0.4, -0.2) is 30.5 Å². The van der Waals surface area contributed by atoms with Crippen LogP contribution in [0.3, 0.4) is 0 Å². The summed E-state index contributed by atoms with van der Waals surface area (Å²) in [5, 5.41) is 13.0. The Bertz CT molecular complexity index is 1090. The molecule has 1 atom stereocenters. The molecule has 142 valence electrons. The zero-order valence-electron chi connectivity index (χ0n) is 15.8. The van der Waals surface area contributed by atoms with Crippen molar-refractivity contribution in [1.29, 1.82) is 0 Å². The summed E-state index contributed by atoms with van der Waals surface area (Å²) in [6, 6.07) is 18.1. The molecule has 0 unspecified atom stereocenters. The number of hydrogen-bond acceptors (Lipinski definition) is 4. The molecular formula is C23H21NO4. The molecule has 0 bridgehead atoms. The van der Waals surface area contributed by atoms with Gasteiger partial charge in [-0.1, -0.05) is 36.4 Å². The molecule has 0 aliphatic carbocycles. The Kier molecular flexibility index (Phi) is 4.40. The average Bonchev–Trinajstić information content (AvgIpc) is 2.93. The fourth-order valence-corrected chi connectivity index (χ4v) is 3.85. The number of Topliss-reactive ketones (excluding diaryl/α,β-unsaturated/α-hetero) is 1. The summed E-state index contributed by atoms with van der Waals surface area (Å²) >= 11 is 0. The fourth-order valence-electron chi connectivity index (χ4n) is 3.85. The number of para-hydroxylation sites is 1. The Hall–Kier alpha value is -3.18. The lowest BCUT2D eigenvalue weighted by atomic mass is 9.87. The third kappa shape index (κ3) is 2.75. The largest absolute Gasteiger partial charge is 0.497 e. The molecule has 0 saturated heterocycles. The number of amides is 1. The Balaban J connectivity index is 1.68. The van der Waals surface area contributed by atoms with E-state index in [0.717, 1.165) is 16.5 Å². The molecule has 5 nitrogen and oxygen atoms in total. The first-order chi connectivity index (χ1) is 13.5. The third-order valence-corrected chi connectivity index (χ3v) is 5.34. The van der Waals surface area contributed by atoms with E-state index in [4.69, 9.17) is 4.74 Å². The predicted molar refractivity (Wildman–Crippen MR) is 108 cm³/mol. The van der Waals surface area contributed by atoms with Gasteiger partial charge < -0.3 is 14.7 Å².